The molecule has 5 rings (SSSR count). The molecule has 0 saturated carbocycles. The number of Topliss-reactive ketones (excluding diaryl/α,β-unsaturated/α-hetero) is 1. The number of hydrogen-bond acceptors (Lipinski definition) is 4. The molecule has 0 radical (unpaired) electrons. The fraction of sp³-hybridized carbons (Fsp3) is 0.250. The van der Waals surface area contributed by atoms with Crippen molar-refractivity contribution in [1.82, 2.24) is 0 Å². The minimum Gasteiger partial charge on any atom is -0.489 e. The number of fused-ring (bicyclic) bond motifs is 2. The van der Waals surface area contributed by atoms with Gasteiger partial charge in [0.25, 0.3) is 0 Å². The molecule has 0 spiro atoms. The molecule has 0 saturated heterocycles. The predicted molar refractivity (Wildman–Crippen MR) is 129 cm³/mol. The predicted octanol–water partition coefficient (Wildman–Crippen LogP) is 6.34. The molecule has 2 atom stereocenters. The van der Waals surface area contributed by atoms with E-state index in [4.69, 9.17) is 4.74 Å². The molecule has 0 unspecified atom stereocenters. The molecule has 4 heteroatoms. The molecule has 2 aliphatic rings. The first-order chi connectivity index (χ1) is 15.5. The van der Waals surface area contributed by atoms with Crippen LogP contribution in [0.1, 0.15) is 37.4 Å². The second-order valence-corrected chi connectivity index (χ2v) is 9.31. The average molecular weight is 425 g/mol. The number of carbonyl (C=O) groups is 1. The summed E-state index contributed by atoms with van der Waals surface area (Å²) >= 11 is 0. The van der Waals surface area contributed by atoms with Crippen molar-refractivity contribution < 1.29 is 9.53 Å². The molecule has 0 amide bonds. The third-order valence-corrected chi connectivity index (χ3v) is 6.20. The van der Waals surface area contributed by atoms with E-state index in [1.807, 2.05) is 54.6 Å². The molecule has 3 aromatic rings. The van der Waals surface area contributed by atoms with Crippen molar-refractivity contribution in [3.05, 3.63) is 102 Å². The van der Waals surface area contributed by atoms with Crippen molar-refractivity contribution in [2.24, 2.45) is 11.3 Å². The van der Waals surface area contributed by atoms with Gasteiger partial charge in [-0.1, -0.05) is 80.6 Å². The quantitative estimate of drug-likeness (QED) is 0.513. The van der Waals surface area contributed by atoms with E-state index in [0.717, 1.165) is 33.9 Å². The Hall–Kier alpha value is -3.53. The normalized spacial score (nSPS) is 21.2. The Morgan fingerprint density at radius 1 is 0.906 bits per heavy atom. The molecule has 0 fully saturated rings. The maximum Gasteiger partial charge on any atom is 0.145 e. The third-order valence-electron chi connectivity index (χ3n) is 6.20. The summed E-state index contributed by atoms with van der Waals surface area (Å²) in [6, 6.07) is 26.1. The summed E-state index contributed by atoms with van der Waals surface area (Å²) in [6.07, 6.45) is 2.74. The van der Waals surface area contributed by atoms with Gasteiger partial charge in [-0.15, -0.1) is 0 Å². The molecule has 162 valence electrons. The van der Waals surface area contributed by atoms with Crippen LogP contribution in [0.4, 0.5) is 11.4 Å². The zero-order valence-corrected chi connectivity index (χ0v) is 18.5. The molecule has 4 nitrogen and oxygen atoms in total. The Morgan fingerprint density at radius 2 is 1.59 bits per heavy atom. The van der Waals surface area contributed by atoms with Crippen LogP contribution in [0.3, 0.4) is 0 Å². The number of carbonyl (C=O) groups excluding carboxylic acids is 1. The van der Waals surface area contributed by atoms with Gasteiger partial charge in [-0.05, 0) is 29.2 Å². The van der Waals surface area contributed by atoms with Crippen molar-refractivity contribution in [2.75, 3.05) is 10.6 Å². The van der Waals surface area contributed by atoms with E-state index in [0.29, 0.717) is 13.0 Å². The molecule has 2 N–H and O–H groups in total. The van der Waals surface area contributed by atoms with Crippen LogP contribution >= 0.6 is 0 Å². The van der Waals surface area contributed by atoms with Crippen molar-refractivity contribution in [2.45, 2.75) is 32.9 Å². The van der Waals surface area contributed by atoms with E-state index >= 15 is 0 Å². The summed E-state index contributed by atoms with van der Waals surface area (Å²) in [5.41, 5.74) is 4.86. The molecule has 0 aromatic heterocycles. The number of benzene rings is 3. The SMILES string of the molecule is CC1(C)C=C2Nc3ccccc3N[C@H](c3ccccc3OCc3ccccc3)[C@@H]2C(=O)C1. The summed E-state index contributed by atoms with van der Waals surface area (Å²) in [7, 11) is 0. The van der Waals surface area contributed by atoms with Gasteiger partial charge in [0.15, 0.2) is 0 Å². The second-order valence-electron chi connectivity index (χ2n) is 9.31. The van der Waals surface area contributed by atoms with Gasteiger partial charge in [-0.25, -0.2) is 0 Å². The standard InChI is InChI=1S/C28H28N2O2/c1-28(2)16-23-26(24(31)17-28)27(30-22-14-8-7-13-21(22)29-23)20-12-6-9-15-25(20)32-18-19-10-4-3-5-11-19/h3-16,26-27,29-30H,17-18H2,1-2H3/t26-,27+/m0/s1. The minimum absolute atomic E-state index is 0.178. The van der Waals surface area contributed by atoms with Gasteiger partial charge in [-0.2, -0.15) is 0 Å². The van der Waals surface area contributed by atoms with E-state index in [2.05, 4.69) is 54.8 Å². The number of nitrogens with one attached hydrogen (secondary N) is 2. The Balaban J connectivity index is 1.57. The molecular weight excluding hydrogens is 396 g/mol. The number of hydrogen-bond donors (Lipinski definition) is 2. The molecule has 32 heavy (non-hydrogen) atoms. The van der Waals surface area contributed by atoms with Crippen LogP contribution in [0.15, 0.2) is 90.6 Å². The van der Waals surface area contributed by atoms with E-state index in [1.165, 1.54) is 0 Å². The number of rotatable bonds is 4. The van der Waals surface area contributed by atoms with Gasteiger partial charge in [0.05, 0.1) is 23.3 Å². The van der Waals surface area contributed by atoms with Crippen LogP contribution in [0.2, 0.25) is 0 Å². The highest BCUT2D eigenvalue weighted by molar-refractivity contribution is 5.90. The average Bonchev–Trinajstić information content (AvgIpc) is 2.94. The molecule has 1 aliphatic heterocycles. The smallest absolute Gasteiger partial charge is 0.145 e. The summed E-state index contributed by atoms with van der Waals surface area (Å²) in [4.78, 5) is 13.5. The Bertz CT molecular complexity index is 1170. The van der Waals surface area contributed by atoms with Gasteiger partial charge >= 0.3 is 0 Å². The first-order valence-corrected chi connectivity index (χ1v) is 11.1. The molecular formula is C28H28N2O2. The maximum atomic E-state index is 13.5. The van der Waals surface area contributed by atoms with Crippen molar-refractivity contribution in [3.63, 3.8) is 0 Å². The van der Waals surface area contributed by atoms with Crippen molar-refractivity contribution in [3.8, 4) is 5.75 Å². The summed E-state index contributed by atoms with van der Waals surface area (Å²) < 4.78 is 6.27. The molecule has 1 heterocycles. The lowest BCUT2D eigenvalue weighted by Gasteiger charge is -2.35. The fourth-order valence-electron chi connectivity index (χ4n) is 4.76. The van der Waals surface area contributed by atoms with Crippen LogP contribution in [-0.4, -0.2) is 5.78 Å². The number of anilines is 2. The molecule has 0 bridgehead atoms. The first kappa shape index (κ1) is 20.4. The van der Waals surface area contributed by atoms with Gasteiger partial charge in [-0.3, -0.25) is 4.79 Å². The molecule has 3 aromatic carbocycles. The summed E-state index contributed by atoms with van der Waals surface area (Å²) in [5, 5.41) is 7.23. The van der Waals surface area contributed by atoms with Crippen molar-refractivity contribution >= 4 is 17.2 Å². The van der Waals surface area contributed by atoms with Gasteiger partial charge < -0.3 is 15.4 Å². The number of para-hydroxylation sites is 3. The lowest BCUT2D eigenvalue weighted by atomic mass is 9.72. The second kappa shape index (κ2) is 8.19. The lowest BCUT2D eigenvalue weighted by Crippen LogP contribution is -2.36. The van der Waals surface area contributed by atoms with E-state index in [-0.39, 0.29) is 23.2 Å². The Morgan fingerprint density at radius 3 is 2.41 bits per heavy atom. The zero-order chi connectivity index (χ0) is 22.1. The number of ketones is 1. The van der Waals surface area contributed by atoms with Gasteiger partial charge in [0.2, 0.25) is 0 Å². The van der Waals surface area contributed by atoms with E-state index in [9.17, 15) is 4.79 Å². The van der Waals surface area contributed by atoms with Crippen LogP contribution < -0.4 is 15.4 Å². The molecule has 1 aliphatic carbocycles. The van der Waals surface area contributed by atoms with Gasteiger partial charge in [0.1, 0.15) is 18.1 Å². The van der Waals surface area contributed by atoms with Crippen LogP contribution in [0, 0.1) is 11.3 Å². The van der Waals surface area contributed by atoms with Crippen LogP contribution in [0.5, 0.6) is 5.75 Å². The van der Waals surface area contributed by atoms with E-state index in [1.54, 1.807) is 0 Å². The van der Waals surface area contributed by atoms with Crippen LogP contribution in [0.25, 0.3) is 0 Å². The summed E-state index contributed by atoms with van der Waals surface area (Å²) in [6.45, 7) is 4.71. The Kier molecular flexibility index (Phi) is 5.22. The third kappa shape index (κ3) is 4.01. The first-order valence-electron chi connectivity index (χ1n) is 11.1. The zero-order valence-electron chi connectivity index (χ0n) is 18.5. The summed E-state index contributed by atoms with van der Waals surface area (Å²) in [5.74, 6) is 0.727. The number of ether oxygens (including phenoxy) is 1. The highest BCUT2D eigenvalue weighted by Gasteiger charge is 2.42. The number of allylic oxidation sites excluding steroid dienone is 1. The highest BCUT2D eigenvalue weighted by Crippen LogP contribution is 2.46. The topological polar surface area (TPSA) is 50.4 Å². The maximum absolute atomic E-state index is 13.5. The Labute approximate surface area is 189 Å². The highest BCUT2D eigenvalue weighted by atomic mass is 16.5. The van der Waals surface area contributed by atoms with Gasteiger partial charge in [0, 0.05) is 17.7 Å². The fourth-order valence-corrected chi connectivity index (χ4v) is 4.76. The largest absolute Gasteiger partial charge is 0.489 e. The van der Waals surface area contributed by atoms with Crippen molar-refractivity contribution in [1.29, 1.82) is 0 Å². The monoisotopic (exact) mass is 424 g/mol. The lowest BCUT2D eigenvalue weighted by molar-refractivity contribution is -0.124. The van der Waals surface area contributed by atoms with Crippen LogP contribution in [-0.2, 0) is 11.4 Å². The van der Waals surface area contributed by atoms with E-state index < -0.39 is 0 Å². The minimum atomic E-state index is -0.308.